The first-order chi connectivity index (χ1) is 1.00. The number of hydrogen-bond acceptors (Lipinski definition) is 1. The van der Waals surface area contributed by atoms with Gasteiger partial charge in [0.25, 0.3) is 0 Å². The summed E-state index contributed by atoms with van der Waals surface area (Å²) in [5.41, 5.74) is 0. The Morgan fingerprint density at radius 1 is 1.25 bits per heavy atom. The van der Waals surface area contributed by atoms with Crippen molar-refractivity contribution in [3.05, 3.63) is 0 Å². The van der Waals surface area contributed by atoms with Gasteiger partial charge in [0.1, 0.15) is 0 Å². The first-order valence-electron chi connectivity index (χ1n) is 0.289. The summed E-state index contributed by atoms with van der Waals surface area (Å²) >= 11 is 0. The molecule has 0 amide bonds. The second kappa shape index (κ2) is 85.2. The Morgan fingerprint density at radius 2 is 1.25 bits per heavy atom. The van der Waals surface area contributed by atoms with Crippen LogP contribution >= 0.6 is 0 Å². The van der Waals surface area contributed by atoms with Crippen molar-refractivity contribution in [1.29, 1.82) is 0 Å². The van der Waals surface area contributed by atoms with E-state index in [4.69, 9.17) is 4.46 Å². The van der Waals surface area contributed by atoms with E-state index < -0.39 is 0 Å². The molecule has 0 bridgehead atoms. The van der Waals surface area contributed by atoms with Crippen LogP contribution in [0.2, 0.25) is 0 Å². The van der Waals surface area contributed by atoms with Crippen LogP contribution in [0.1, 0.15) is 0 Å². The second-order valence-corrected chi connectivity index (χ2v) is 0. The summed E-state index contributed by atoms with van der Waals surface area (Å²) in [7, 11) is 0.611. The lowest BCUT2D eigenvalue weighted by Gasteiger charge is -0.852. The standard InChI is InChI=1S/Al.H2OSi.H2O.3H/c;1-2;;;;/h;2H2;1H2;;;. The van der Waals surface area contributed by atoms with Crippen LogP contribution in [0.5, 0.6) is 0 Å². The molecule has 0 fully saturated rings. The Labute approximate surface area is 38.1 Å². The Hall–Kier alpha value is 0.509. The monoisotopic (exact) mass is 94.0 g/mol. The van der Waals surface area contributed by atoms with E-state index in [-0.39, 0.29) is 22.8 Å². The minimum atomic E-state index is 0. The average molecular weight is 94.1 g/mol. The molecule has 4 heavy (non-hydrogen) atoms. The van der Waals surface area contributed by atoms with Gasteiger partial charge in [0.2, 0.25) is 10.1 Å². The summed E-state index contributed by atoms with van der Waals surface area (Å²) in [5, 5.41) is 0. The maximum absolute atomic E-state index is 8.28. The molecule has 0 radical (unpaired) electrons. The maximum Gasteiger partial charge on any atom is 0.245 e. The lowest BCUT2D eigenvalue weighted by atomic mass is 16.0. The summed E-state index contributed by atoms with van der Waals surface area (Å²) in [5.74, 6) is 0. The molecule has 0 aromatic rings. The second-order valence-electron chi connectivity index (χ2n) is 0. The predicted octanol–water partition coefficient (Wildman–Crippen LogP) is -3.04. The van der Waals surface area contributed by atoms with E-state index in [0.29, 0.717) is 10.1 Å². The molecule has 2 nitrogen and oxygen atoms in total. The van der Waals surface area contributed by atoms with Gasteiger partial charge < -0.3 is 9.94 Å². The first kappa shape index (κ1) is 24.4. The van der Waals surface area contributed by atoms with Crippen LogP contribution in [0.25, 0.3) is 0 Å². The molecule has 0 saturated heterocycles. The van der Waals surface area contributed by atoms with Gasteiger partial charge in [0.05, 0.1) is 0 Å². The van der Waals surface area contributed by atoms with Gasteiger partial charge >= 0.3 is 0 Å². The lowest BCUT2D eigenvalue weighted by molar-refractivity contribution is 0.590. The van der Waals surface area contributed by atoms with Crippen molar-refractivity contribution in [2.75, 3.05) is 0 Å². The highest BCUT2D eigenvalue weighted by atomic mass is 28.1. The highest BCUT2D eigenvalue weighted by Crippen LogP contribution is 0.469. The van der Waals surface area contributed by atoms with Gasteiger partial charge in [-0.1, -0.05) is 0 Å². The zero-order valence-electron chi connectivity index (χ0n) is 1.62. The molecule has 0 aliphatic rings. The molecule has 2 N–H and O–H groups in total. The molecule has 0 rings (SSSR count). The minimum absolute atomic E-state index is 0. The van der Waals surface area contributed by atoms with E-state index in [1.807, 2.05) is 0 Å². The van der Waals surface area contributed by atoms with E-state index in [9.17, 15) is 0 Å². The normalized spacial score (nSPS) is 1.00. The number of rotatable bonds is 0. The Morgan fingerprint density at radius 3 is 1.25 bits per heavy atom. The van der Waals surface area contributed by atoms with Crippen LogP contribution in [0, 0.1) is 0 Å². The van der Waals surface area contributed by atoms with Gasteiger partial charge in [-0.25, -0.2) is 0 Å². The Kier molecular flexibility index (Phi) is 519. The quantitative estimate of drug-likeness (QED) is 0.294. The molecule has 0 aromatic heterocycles. The summed E-state index contributed by atoms with van der Waals surface area (Å²) in [6.45, 7) is 0. The van der Waals surface area contributed by atoms with Crippen LogP contribution in [0.4, 0.5) is 0 Å². The third kappa shape index (κ3) is 22.0. The fourth-order valence-electron chi connectivity index (χ4n) is 0. The molecule has 0 heterocycles. The van der Waals surface area contributed by atoms with Crippen molar-refractivity contribution in [2.24, 2.45) is 0 Å². The fraction of sp³-hybridized carbons (Fsp3) is 0. The van der Waals surface area contributed by atoms with E-state index in [1.54, 1.807) is 0 Å². The molecule has 4 heteroatoms. The third-order valence-electron chi connectivity index (χ3n) is 0. The van der Waals surface area contributed by atoms with Gasteiger partial charge in [0.15, 0.2) is 17.4 Å². The van der Waals surface area contributed by atoms with Crippen LogP contribution < -0.4 is 0 Å². The predicted molar refractivity (Wildman–Crippen MR) is 22.8 cm³/mol. The molecule has 0 unspecified atom stereocenters. The highest BCUT2D eigenvalue weighted by Gasteiger charge is 0.701. The lowest BCUT2D eigenvalue weighted by Crippen LogP contribution is -0.969. The van der Waals surface area contributed by atoms with Crippen molar-refractivity contribution < 1.29 is 9.94 Å². The van der Waals surface area contributed by atoms with Gasteiger partial charge in [-0.2, -0.15) is 0 Å². The Balaban J connectivity index is -0.00000000500. The van der Waals surface area contributed by atoms with Crippen molar-refractivity contribution >= 4 is 27.5 Å². The summed E-state index contributed by atoms with van der Waals surface area (Å²) in [6.07, 6.45) is 0. The van der Waals surface area contributed by atoms with Crippen molar-refractivity contribution in [3.8, 4) is 0 Å². The van der Waals surface area contributed by atoms with Gasteiger partial charge in [0, 0.05) is 0 Å². The summed E-state index contributed by atoms with van der Waals surface area (Å²) in [4.78, 5) is 0. The smallest absolute Gasteiger partial charge is 0.245 e. The molecule has 0 atom stereocenters. The molecular formula is H7AlO2Si. The first-order valence-corrected chi connectivity index (χ1v) is 0.866. The highest BCUT2D eigenvalue weighted by molar-refractivity contribution is 5.85. The Bertz CT molecular complexity index is 6.00. The van der Waals surface area contributed by atoms with Gasteiger partial charge in [-0.15, -0.1) is 0 Å². The molecule has 0 spiro atoms. The van der Waals surface area contributed by atoms with E-state index in [1.165, 1.54) is 0 Å². The van der Waals surface area contributed by atoms with Crippen LogP contribution in [-0.2, 0) is 4.46 Å². The maximum atomic E-state index is 8.28. The summed E-state index contributed by atoms with van der Waals surface area (Å²) in [6, 6.07) is 0. The summed E-state index contributed by atoms with van der Waals surface area (Å²) < 4.78 is 8.28. The van der Waals surface area contributed by atoms with Crippen molar-refractivity contribution in [1.82, 2.24) is 0 Å². The van der Waals surface area contributed by atoms with E-state index in [2.05, 4.69) is 0 Å². The molecule has 0 aliphatic heterocycles. The number of hydrogen-bond donors (Lipinski definition) is 0. The minimum Gasteiger partial charge on any atom is -0.412 e. The molecule has 0 saturated carbocycles. The van der Waals surface area contributed by atoms with Gasteiger partial charge in [-0.3, -0.25) is 0 Å². The topological polar surface area (TPSA) is 48.6 Å². The van der Waals surface area contributed by atoms with Crippen LogP contribution in [0.15, 0.2) is 0 Å². The van der Waals surface area contributed by atoms with Gasteiger partial charge in [-0.05, 0) is 0 Å². The largest absolute Gasteiger partial charge is 0.412 e. The van der Waals surface area contributed by atoms with Crippen molar-refractivity contribution in [2.45, 2.75) is 0 Å². The van der Waals surface area contributed by atoms with Crippen molar-refractivity contribution in [3.63, 3.8) is 0 Å². The van der Waals surface area contributed by atoms with Crippen LogP contribution in [0.3, 0.4) is 0 Å². The van der Waals surface area contributed by atoms with Crippen LogP contribution in [-0.4, -0.2) is 33.0 Å². The zero-order chi connectivity index (χ0) is 2.00. The SMILES string of the molecule is O.O=[SiH2].[AlH3]. The van der Waals surface area contributed by atoms with E-state index in [0.717, 1.165) is 0 Å². The molecule has 26 valence electrons. The van der Waals surface area contributed by atoms with E-state index >= 15 is 0 Å². The third-order valence-corrected chi connectivity index (χ3v) is 0. The molecule has 0 aliphatic carbocycles. The average Bonchev–Trinajstić information content (AvgIpc) is 1.00. The fourth-order valence-corrected chi connectivity index (χ4v) is 0. The molecular weight excluding hydrogens is 87.1 g/mol. The molecule has 0 aromatic carbocycles. The zero-order valence-corrected chi connectivity index (χ0v) is 3.03.